The van der Waals surface area contributed by atoms with Gasteiger partial charge >= 0.3 is 0 Å². The molecule has 2 rings (SSSR count). The van der Waals surface area contributed by atoms with Crippen LogP contribution < -0.4 is 5.32 Å². The summed E-state index contributed by atoms with van der Waals surface area (Å²) in [6, 6.07) is 1.71. The standard InChI is InChI=1S/C14H28N2/c1-3-16(13-9-10-13)11-12-7-5-4-6-8-14(12)15-2/h12-15H,3-11H2,1-2H3. The number of hydrogen-bond donors (Lipinski definition) is 1. The molecular weight excluding hydrogens is 196 g/mol. The third-order valence-electron chi connectivity index (χ3n) is 4.47. The molecule has 2 atom stereocenters. The molecule has 2 aliphatic carbocycles. The second-order valence-corrected chi connectivity index (χ2v) is 5.61. The first-order chi connectivity index (χ1) is 7.85. The van der Waals surface area contributed by atoms with Gasteiger partial charge in [-0.2, -0.15) is 0 Å². The van der Waals surface area contributed by atoms with E-state index in [9.17, 15) is 0 Å². The summed E-state index contributed by atoms with van der Waals surface area (Å²) in [7, 11) is 2.15. The first-order valence-corrected chi connectivity index (χ1v) is 7.26. The van der Waals surface area contributed by atoms with Gasteiger partial charge in [0, 0.05) is 18.6 Å². The number of nitrogens with zero attached hydrogens (tertiary/aromatic N) is 1. The summed E-state index contributed by atoms with van der Waals surface area (Å²) in [6.45, 7) is 4.91. The fourth-order valence-electron chi connectivity index (χ4n) is 3.26. The monoisotopic (exact) mass is 224 g/mol. The fraction of sp³-hybridized carbons (Fsp3) is 1.00. The number of nitrogens with one attached hydrogen (secondary N) is 1. The average molecular weight is 224 g/mol. The van der Waals surface area contributed by atoms with Crippen molar-refractivity contribution in [2.24, 2.45) is 5.92 Å². The van der Waals surface area contributed by atoms with Gasteiger partial charge in [-0.1, -0.05) is 26.2 Å². The lowest BCUT2D eigenvalue weighted by Gasteiger charge is -2.30. The normalized spacial score (nSPS) is 31.7. The van der Waals surface area contributed by atoms with Crippen LogP contribution in [0.15, 0.2) is 0 Å². The molecule has 2 unspecified atom stereocenters. The molecule has 2 fully saturated rings. The molecule has 0 aromatic rings. The van der Waals surface area contributed by atoms with E-state index in [0.29, 0.717) is 0 Å². The van der Waals surface area contributed by atoms with Gasteiger partial charge in [0.1, 0.15) is 0 Å². The van der Waals surface area contributed by atoms with E-state index in [-0.39, 0.29) is 0 Å². The van der Waals surface area contributed by atoms with E-state index in [4.69, 9.17) is 0 Å². The van der Waals surface area contributed by atoms with Gasteiger partial charge in [0.2, 0.25) is 0 Å². The van der Waals surface area contributed by atoms with Crippen molar-refractivity contribution in [1.82, 2.24) is 10.2 Å². The highest BCUT2D eigenvalue weighted by molar-refractivity contribution is 4.88. The predicted octanol–water partition coefficient (Wildman–Crippen LogP) is 2.64. The quantitative estimate of drug-likeness (QED) is 0.722. The molecule has 0 bridgehead atoms. The second kappa shape index (κ2) is 6.02. The van der Waals surface area contributed by atoms with Gasteiger partial charge in [-0.05, 0) is 45.2 Å². The molecule has 94 valence electrons. The van der Waals surface area contributed by atoms with Crippen molar-refractivity contribution in [2.45, 2.75) is 64.0 Å². The zero-order chi connectivity index (χ0) is 11.4. The minimum Gasteiger partial charge on any atom is -0.317 e. The van der Waals surface area contributed by atoms with Gasteiger partial charge in [0.05, 0.1) is 0 Å². The summed E-state index contributed by atoms with van der Waals surface area (Å²) >= 11 is 0. The van der Waals surface area contributed by atoms with Gasteiger partial charge in [0.15, 0.2) is 0 Å². The molecule has 16 heavy (non-hydrogen) atoms. The van der Waals surface area contributed by atoms with Crippen LogP contribution in [0.3, 0.4) is 0 Å². The Morgan fingerprint density at radius 2 is 1.81 bits per heavy atom. The number of hydrogen-bond acceptors (Lipinski definition) is 2. The Labute approximate surface area is 101 Å². The molecule has 0 spiro atoms. The van der Waals surface area contributed by atoms with Crippen molar-refractivity contribution >= 4 is 0 Å². The summed E-state index contributed by atoms with van der Waals surface area (Å²) < 4.78 is 0. The summed E-state index contributed by atoms with van der Waals surface area (Å²) in [5.74, 6) is 0.896. The Morgan fingerprint density at radius 1 is 1.06 bits per heavy atom. The summed E-state index contributed by atoms with van der Waals surface area (Å²) in [5, 5.41) is 3.56. The van der Waals surface area contributed by atoms with E-state index in [1.807, 2.05) is 0 Å². The van der Waals surface area contributed by atoms with E-state index < -0.39 is 0 Å². The predicted molar refractivity (Wildman–Crippen MR) is 69.7 cm³/mol. The third kappa shape index (κ3) is 3.21. The van der Waals surface area contributed by atoms with Crippen LogP contribution in [0.2, 0.25) is 0 Å². The molecule has 0 radical (unpaired) electrons. The molecule has 0 aliphatic heterocycles. The van der Waals surface area contributed by atoms with Crippen molar-refractivity contribution in [3.63, 3.8) is 0 Å². The van der Waals surface area contributed by atoms with E-state index >= 15 is 0 Å². The fourth-order valence-corrected chi connectivity index (χ4v) is 3.26. The Morgan fingerprint density at radius 3 is 2.44 bits per heavy atom. The van der Waals surface area contributed by atoms with Crippen molar-refractivity contribution < 1.29 is 0 Å². The molecule has 0 aromatic heterocycles. The average Bonchev–Trinajstić information content (AvgIpc) is 3.12. The molecule has 2 nitrogen and oxygen atoms in total. The Bertz CT molecular complexity index is 201. The van der Waals surface area contributed by atoms with Gasteiger partial charge in [-0.25, -0.2) is 0 Å². The molecule has 2 heteroatoms. The van der Waals surface area contributed by atoms with E-state index in [1.165, 1.54) is 58.0 Å². The molecule has 1 N–H and O–H groups in total. The van der Waals surface area contributed by atoms with Crippen LogP contribution in [0, 0.1) is 5.92 Å². The lowest BCUT2D eigenvalue weighted by Crippen LogP contribution is -2.41. The highest BCUT2D eigenvalue weighted by atomic mass is 15.2. The first kappa shape index (κ1) is 12.4. The van der Waals surface area contributed by atoms with Crippen LogP contribution in [-0.2, 0) is 0 Å². The van der Waals surface area contributed by atoms with E-state index in [0.717, 1.165) is 18.0 Å². The molecule has 2 aliphatic rings. The molecule has 0 amide bonds. The van der Waals surface area contributed by atoms with Crippen LogP contribution >= 0.6 is 0 Å². The summed E-state index contributed by atoms with van der Waals surface area (Å²) in [5.41, 5.74) is 0. The zero-order valence-corrected chi connectivity index (χ0v) is 11.0. The molecule has 2 saturated carbocycles. The lowest BCUT2D eigenvalue weighted by atomic mass is 9.94. The van der Waals surface area contributed by atoms with Crippen LogP contribution in [0.1, 0.15) is 51.9 Å². The van der Waals surface area contributed by atoms with Crippen LogP contribution in [0.4, 0.5) is 0 Å². The topological polar surface area (TPSA) is 15.3 Å². The smallest absolute Gasteiger partial charge is 0.0104 e. The maximum atomic E-state index is 3.56. The van der Waals surface area contributed by atoms with Gasteiger partial charge in [-0.3, -0.25) is 0 Å². The van der Waals surface area contributed by atoms with Crippen LogP contribution in [0.5, 0.6) is 0 Å². The summed E-state index contributed by atoms with van der Waals surface area (Å²) in [4.78, 5) is 2.72. The van der Waals surface area contributed by atoms with Crippen molar-refractivity contribution in [3.8, 4) is 0 Å². The van der Waals surface area contributed by atoms with E-state index in [1.54, 1.807) is 0 Å². The lowest BCUT2D eigenvalue weighted by molar-refractivity contribution is 0.197. The Kier molecular flexibility index (Phi) is 4.66. The zero-order valence-electron chi connectivity index (χ0n) is 11.0. The Balaban J connectivity index is 1.87. The SMILES string of the molecule is CCN(CC1CCCCCC1NC)C1CC1. The minimum absolute atomic E-state index is 0.773. The molecule has 0 aromatic carbocycles. The van der Waals surface area contributed by atoms with Crippen molar-refractivity contribution in [3.05, 3.63) is 0 Å². The van der Waals surface area contributed by atoms with Gasteiger partial charge < -0.3 is 10.2 Å². The number of rotatable bonds is 5. The molecule has 0 heterocycles. The van der Waals surface area contributed by atoms with Crippen molar-refractivity contribution in [1.29, 1.82) is 0 Å². The van der Waals surface area contributed by atoms with Gasteiger partial charge in [-0.15, -0.1) is 0 Å². The first-order valence-electron chi connectivity index (χ1n) is 7.26. The maximum absolute atomic E-state index is 3.56. The molecular formula is C14H28N2. The minimum atomic E-state index is 0.773. The maximum Gasteiger partial charge on any atom is 0.0104 e. The van der Waals surface area contributed by atoms with Crippen LogP contribution in [-0.4, -0.2) is 37.1 Å². The second-order valence-electron chi connectivity index (χ2n) is 5.61. The largest absolute Gasteiger partial charge is 0.317 e. The Hall–Kier alpha value is -0.0800. The highest BCUT2D eigenvalue weighted by Gasteiger charge is 2.31. The van der Waals surface area contributed by atoms with E-state index in [2.05, 4.69) is 24.2 Å². The molecule has 0 saturated heterocycles. The summed E-state index contributed by atoms with van der Waals surface area (Å²) in [6.07, 6.45) is 10.1. The van der Waals surface area contributed by atoms with Crippen molar-refractivity contribution in [2.75, 3.05) is 20.1 Å². The van der Waals surface area contributed by atoms with Crippen LogP contribution in [0.25, 0.3) is 0 Å². The highest BCUT2D eigenvalue weighted by Crippen LogP contribution is 2.30. The third-order valence-corrected chi connectivity index (χ3v) is 4.47. The van der Waals surface area contributed by atoms with Gasteiger partial charge in [0.25, 0.3) is 0 Å².